The van der Waals surface area contributed by atoms with Gasteiger partial charge in [-0.15, -0.1) is 0 Å². The normalized spacial score (nSPS) is 12.9. The van der Waals surface area contributed by atoms with Crippen molar-refractivity contribution >= 4 is 21.6 Å². The number of nitrogens with one attached hydrogen (secondary N) is 1. The molecule has 0 aliphatic rings. The summed E-state index contributed by atoms with van der Waals surface area (Å²) in [7, 11) is 0. The average Bonchev–Trinajstić information content (AvgIpc) is 2.20. The predicted octanol–water partition coefficient (Wildman–Crippen LogP) is 4.99. The maximum absolute atomic E-state index is 3.58. The van der Waals surface area contributed by atoms with Gasteiger partial charge in [0.1, 0.15) is 0 Å². The fourth-order valence-electron chi connectivity index (χ4n) is 1.67. The fraction of sp³-hybridized carbons (Fsp3) is 0.571. The molecule has 0 spiro atoms. The highest BCUT2D eigenvalue weighted by Crippen LogP contribution is 2.22. The molecule has 1 aromatic carbocycles. The van der Waals surface area contributed by atoms with Gasteiger partial charge in [0, 0.05) is 16.2 Å². The van der Waals surface area contributed by atoms with E-state index >= 15 is 0 Å². The van der Waals surface area contributed by atoms with Gasteiger partial charge in [0.05, 0.1) is 0 Å². The van der Waals surface area contributed by atoms with E-state index in [1.807, 2.05) is 0 Å². The molecule has 0 fully saturated rings. The number of rotatable bonds is 5. The van der Waals surface area contributed by atoms with Crippen LogP contribution in [0.15, 0.2) is 22.7 Å². The summed E-state index contributed by atoms with van der Waals surface area (Å²) in [5.41, 5.74) is 2.55. The molecule has 1 rings (SSSR count). The van der Waals surface area contributed by atoms with E-state index in [0.717, 1.165) is 10.4 Å². The Bertz CT molecular complexity index is 334. The highest BCUT2D eigenvalue weighted by Gasteiger charge is 2.05. The Morgan fingerprint density at radius 1 is 1.19 bits per heavy atom. The molecule has 0 aliphatic carbocycles. The van der Waals surface area contributed by atoms with Gasteiger partial charge in [0.25, 0.3) is 0 Å². The number of halogens is 1. The van der Waals surface area contributed by atoms with Crippen molar-refractivity contribution in [2.75, 3.05) is 5.32 Å². The van der Waals surface area contributed by atoms with Crippen LogP contribution in [0.5, 0.6) is 0 Å². The van der Waals surface area contributed by atoms with Crippen LogP contribution in [0.2, 0.25) is 0 Å². The van der Waals surface area contributed by atoms with E-state index in [1.165, 1.54) is 24.1 Å². The van der Waals surface area contributed by atoms with Gasteiger partial charge in [-0.3, -0.25) is 0 Å². The van der Waals surface area contributed by atoms with Crippen LogP contribution in [0, 0.1) is 12.8 Å². The van der Waals surface area contributed by atoms with Crippen LogP contribution in [0.25, 0.3) is 0 Å². The van der Waals surface area contributed by atoms with Crippen molar-refractivity contribution in [3.63, 3.8) is 0 Å². The Balaban J connectivity index is 2.55. The first-order valence-corrected chi connectivity index (χ1v) is 6.81. The SMILES string of the molecule is Cc1ccc(Br)cc1NC(C)CCC(C)C. The average molecular weight is 284 g/mol. The molecule has 0 saturated carbocycles. The molecule has 0 radical (unpaired) electrons. The van der Waals surface area contributed by atoms with Gasteiger partial charge in [0.2, 0.25) is 0 Å². The molecule has 2 heteroatoms. The quantitative estimate of drug-likeness (QED) is 0.802. The maximum Gasteiger partial charge on any atom is 0.0383 e. The zero-order valence-corrected chi connectivity index (χ0v) is 12.3. The molecule has 1 nitrogen and oxygen atoms in total. The molecular formula is C14H22BrN. The van der Waals surface area contributed by atoms with E-state index in [9.17, 15) is 0 Å². The lowest BCUT2D eigenvalue weighted by atomic mass is 10.0. The van der Waals surface area contributed by atoms with Gasteiger partial charge in [-0.05, 0) is 50.3 Å². The summed E-state index contributed by atoms with van der Waals surface area (Å²) in [5.74, 6) is 0.785. The van der Waals surface area contributed by atoms with E-state index in [0.29, 0.717) is 6.04 Å². The van der Waals surface area contributed by atoms with E-state index in [4.69, 9.17) is 0 Å². The lowest BCUT2D eigenvalue weighted by Crippen LogP contribution is -2.16. The van der Waals surface area contributed by atoms with Gasteiger partial charge >= 0.3 is 0 Å². The van der Waals surface area contributed by atoms with E-state index in [2.05, 4.69) is 67.1 Å². The molecule has 1 aromatic rings. The van der Waals surface area contributed by atoms with Crippen LogP contribution in [-0.4, -0.2) is 6.04 Å². The van der Waals surface area contributed by atoms with Crippen LogP contribution in [0.4, 0.5) is 5.69 Å². The second-order valence-corrected chi connectivity index (χ2v) is 5.89. The summed E-state index contributed by atoms with van der Waals surface area (Å²) in [4.78, 5) is 0. The van der Waals surface area contributed by atoms with Crippen molar-refractivity contribution in [3.8, 4) is 0 Å². The molecule has 0 aliphatic heterocycles. The van der Waals surface area contributed by atoms with Gasteiger partial charge in [-0.25, -0.2) is 0 Å². The maximum atomic E-state index is 3.58. The molecule has 0 bridgehead atoms. The molecule has 1 atom stereocenters. The molecule has 16 heavy (non-hydrogen) atoms. The minimum atomic E-state index is 0.537. The third kappa shape index (κ3) is 4.56. The van der Waals surface area contributed by atoms with Crippen LogP contribution < -0.4 is 5.32 Å². The smallest absolute Gasteiger partial charge is 0.0383 e. The topological polar surface area (TPSA) is 12.0 Å². The number of aryl methyl sites for hydroxylation is 1. The van der Waals surface area contributed by atoms with Crippen LogP contribution >= 0.6 is 15.9 Å². The molecule has 0 saturated heterocycles. The summed E-state index contributed by atoms with van der Waals surface area (Å²) in [6, 6.07) is 6.91. The van der Waals surface area contributed by atoms with E-state index < -0.39 is 0 Å². The standard InChI is InChI=1S/C14H22BrN/c1-10(2)5-7-12(4)16-14-9-13(15)8-6-11(14)3/h6,8-10,12,16H,5,7H2,1-4H3. The summed E-state index contributed by atoms with van der Waals surface area (Å²) >= 11 is 3.51. The Labute approximate surface area is 108 Å². The number of hydrogen-bond acceptors (Lipinski definition) is 1. The first-order valence-electron chi connectivity index (χ1n) is 6.01. The first-order chi connectivity index (χ1) is 7.49. The monoisotopic (exact) mass is 283 g/mol. The van der Waals surface area contributed by atoms with Gasteiger partial charge in [-0.2, -0.15) is 0 Å². The van der Waals surface area contributed by atoms with Crippen LogP contribution in [0.3, 0.4) is 0 Å². The first kappa shape index (κ1) is 13.6. The summed E-state index contributed by atoms with van der Waals surface area (Å²) < 4.78 is 1.14. The van der Waals surface area contributed by atoms with Gasteiger partial charge in [0.15, 0.2) is 0 Å². The summed E-state index contributed by atoms with van der Waals surface area (Å²) in [6.45, 7) is 8.95. The molecule has 0 heterocycles. The van der Waals surface area contributed by atoms with Gasteiger partial charge in [-0.1, -0.05) is 35.8 Å². The molecule has 1 unspecified atom stereocenters. The third-order valence-electron chi connectivity index (χ3n) is 2.78. The highest BCUT2D eigenvalue weighted by atomic mass is 79.9. The van der Waals surface area contributed by atoms with Crippen molar-refractivity contribution in [2.24, 2.45) is 5.92 Å². The number of anilines is 1. The van der Waals surface area contributed by atoms with Crippen molar-refractivity contribution in [2.45, 2.75) is 46.6 Å². The third-order valence-corrected chi connectivity index (χ3v) is 3.27. The van der Waals surface area contributed by atoms with Crippen LogP contribution in [-0.2, 0) is 0 Å². The van der Waals surface area contributed by atoms with Crippen molar-refractivity contribution < 1.29 is 0 Å². The van der Waals surface area contributed by atoms with Crippen molar-refractivity contribution in [1.29, 1.82) is 0 Å². The van der Waals surface area contributed by atoms with Crippen molar-refractivity contribution in [1.82, 2.24) is 0 Å². The minimum absolute atomic E-state index is 0.537. The molecule has 0 aromatic heterocycles. The molecule has 90 valence electrons. The summed E-state index contributed by atoms with van der Waals surface area (Å²) in [5, 5.41) is 3.58. The largest absolute Gasteiger partial charge is 0.382 e. The second kappa shape index (κ2) is 6.29. The Hall–Kier alpha value is -0.500. The molecular weight excluding hydrogens is 262 g/mol. The Morgan fingerprint density at radius 2 is 1.88 bits per heavy atom. The van der Waals surface area contributed by atoms with Gasteiger partial charge < -0.3 is 5.32 Å². The zero-order chi connectivity index (χ0) is 12.1. The number of benzene rings is 1. The lowest BCUT2D eigenvalue weighted by molar-refractivity contribution is 0.527. The minimum Gasteiger partial charge on any atom is -0.382 e. The van der Waals surface area contributed by atoms with Crippen LogP contribution in [0.1, 0.15) is 39.2 Å². The zero-order valence-electron chi connectivity index (χ0n) is 10.7. The van der Waals surface area contributed by atoms with Crippen molar-refractivity contribution in [3.05, 3.63) is 28.2 Å². The Kier molecular flexibility index (Phi) is 5.33. The molecule has 1 N–H and O–H groups in total. The van der Waals surface area contributed by atoms with E-state index in [-0.39, 0.29) is 0 Å². The van der Waals surface area contributed by atoms with E-state index in [1.54, 1.807) is 0 Å². The number of hydrogen-bond donors (Lipinski definition) is 1. The summed E-state index contributed by atoms with van der Waals surface area (Å²) in [6.07, 6.45) is 2.50. The highest BCUT2D eigenvalue weighted by molar-refractivity contribution is 9.10. The fourth-order valence-corrected chi connectivity index (χ4v) is 2.03. The molecule has 0 amide bonds. The predicted molar refractivity (Wildman–Crippen MR) is 76.0 cm³/mol. The second-order valence-electron chi connectivity index (χ2n) is 4.98. The Morgan fingerprint density at radius 3 is 2.50 bits per heavy atom. The lowest BCUT2D eigenvalue weighted by Gasteiger charge is -2.18.